The number of fused-ring (bicyclic) bond motifs is 1. The van der Waals surface area contributed by atoms with Crippen LogP contribution in [0.4, 0.5) is 0 Å². The number of rotatable bonds is 4. The molecule has 2 aromatic heterocycles. The standard InChI is InChI=1S/C16H17N5/c1-10(2)21-14(3-5-17)13-9-19-15(13)12-7-11-4-6-18-16(11)20-8-12/h3-10H,17H2,1-2H3,(H,18,20). The fraction of sp³-hybridized carbons (Fsp3) is 0.188. The minimum atomic E-state index is 0.198. The van der Waals surface area contributed by atoms with Crippen molar-refractivity contribution in [2.45, 2.75) is 19.9 Å². The Kier molecular flexibility index (Phi) is 3.39. The summed E-state index contributed by atoms with van der Waals surface area (Å²) in [6, 6.07) is 4.27. The van der Waals surface area contributed by atoms with Crippen LogP contribution < -0.4 is 5.73 Å². The zero-order valence-electron chi connectivity index (χ0n) is 12.0. The number of nitrogens with two attached hydrogens (primary N) is 1. The van der Waals surface area contributed by atoms with Gasteiger partial charge in [0.05, 0.1) is 11.4 Å². The Morgan fingerprint density at radius 3 is 2.95 bits per heavy atom. The Morgan fingerprint density at radius 2 is 2.29 bits per heavy atom. The highest BCUT2D eigenvalue weighted by molar-refractivity contribution is 6.35. The molecule has 2 aromatic rings. The molecule has 0 saturated heterocycles. The molecule has 0 atom stereocenters. The van der Waals surface area contributed by atoms with Crippen LogP contribution in [0.15, 0.2) is 58.6 Å². The summed E-state index contributed by atoms with van der Waals surface area (Å²) >= 11 is 0. The van der Waals surface area contributed by atoms with Crippen molar-refractivity contribution in [1.29, 1.82) is 0 Å². The first-order valence-electron chi connectivity index (χ1n) is 6.87. The van der Waals surface area contributed by atoms with E-state index >= 15 is 0 Å². The van der Waals surface area contributed by atoms with Crippen LogP contribution in [0.1, 0.15) is 19.4 Å². The number of hydrogen-bond acceptors (Lipinski definition) is 4. The van der Waals surface area contributed by atoms with Gasteiger partial charge in [0.25, 0.3) is 0 Å². The summed E-state index contributed by atoms with van der Waals surface area (Å²) in [5.41, 5.74) is 10.1. The van der Waals surface area contributed by atoms with Gasteiger partial charge in [-0.3, -0.25) is 9.98 Å². The lowest BCUT2D eigenvalue weighted by molar-refractivity contribution is 0.837. The molecule has 3 N–H and O–H groups in total. The number of aromatic amines is 1. The minimum absolute atomic E-state index is 0.198. The van der Waals surface area contributed by atoms with Gasteiger partial charge in [0.15, 0.2) is 0 Å². The molecule has 5 nitrogen and oxygen atoms in total. The van der Waals surface area contributed by atoms with Gasteiger partial charge in [0.2, 0.25) is 0 Å². The number of nitrogens with one attached hydrogen (secondary N) is 1. The second-order valence-electron chi connectivity index (χ2n) is 5.13. The molecule has 0 saturated carbocycles. The number of hydrogen-bond donors (Lipinski definition) is 2. The molecule has 106 valence electrons. The molecule has 5 heteroatoms. The predicted octanol–water partition coefficient (Wildman–Crippen LogP) is 2.57. The highest BCUT2D eigenvalue weighted by Gasteiger charge is 2.20. The van der Waals surface area contributed by atoms with Crippen molar-refractivity contribution in [2.75, 3.05) is 0 Å². The monoisotopic (exact) mass is 279 g/mol. The smallest absolute Gasteiger partial charge is 0.137 e. The third-order valence-electron chi connectivity index (χ3n) is 3.18. The van der Waals surface area contributed by atoms with Crippen LogP contribution in [0.5, 0.6) is 0 Å². The summed E-state index contributed by atoms with van der Waals surface area (Å²) in [5.74, 6) is 0. The van der Waals surface area contributed by atoms with Gasteiger partial charge in [-0.1, -0.05) is 0 Å². The molecular weight excluding hydrogens is 262 g/mol. The molecule has 3 heterocycles. The van der Waals surface area contributed by atoms with Crippen LogP contribution in [0.3, 0.4) is 0 Å². The van der Waals surface area contributed by atoms with E-state index in [1.807, 2.05) is 44.6 Å². The Labute approximate surface area is 123 Å². The Balaban J connectivity index is 1.93. The average Bonchev–Trinajstić information content (AvgIpc) is 2.84. The van der Waals surface area contributed by atoms with Crippen molar-refractivity contribution < 1.29 is 0 Å². The topological polar surface area (TPSA) is 79.4 Å². The van der Waals surface area contributed by atoms with Gasteiger partial charge in [0, 0.05) is 41.2 Å². The minimum Gasteiger partial charge on any atom is -0.405 e. The zero-order chi connectivity index (χ0) is 14.8. The van der Waals surface area contributed by atoms with E-state index in [4.69, 9.17) is 5.73 Å². The summed E-state index contributed by atoms with van der Waals surface area (Å²) < 4.78 is 0. The van der Waals surface area contributed by atoms with Gasteiger partial charge in [-0.05, 0) is 38.3 Å². The van der Waals surface area contributed by atoms with Crippen LogP contribution in [-0.4, -0.2) is 27.4 Å². The quantitative estimate of drug-likeness (QED) is 0.843. The van der Waals surface area contributed by atoms with E-state index in [-0.39, 0.29) is 6.04 Å². The third-order valence-corrected chi connectivity index (χ3v) is 3.18. The van der Waals surface area contributed by atoms with Gasteiger partial charge in [-0.15, -0.1) is 0 Å². The maximum Gasteiger partial charge on any atom is 0.137 e. The SMILES string of the molecule is CC(C)N=C(C=CN)C1=CN=C1c1cnc2[nH]ccc2c1. The molecule has 0 aromatic carbocycles. The summed E-state index contributed by atoms with van der Waals surface area (Å²) in [6.07, 6.45) is 8.83. The van der Waals surface area contributed by atoms with E-state index in [9.17, 15) is 0 Å². The van der Waals surface area contributed by atoms with Crippen LogP contribution in [0, 0.1) is 0 Å². The Morgan fingerprint density at radius 1 is 1.43 bits per heavy atom. The second kappa shape index (κ2) is 5.36. The molecule has 0 radical (unpaired) electrons. The van der Waals surface area contributed by atoms with E-state index in [0.717, 1.165) is 33.6 Å². The highest BCUT2D eigenvalue weighted by Crippen LogP contribution is 2.22. The summed E-state index contributed by atoms with van der Waals surface area (Å²) in [4.78, 5) is 16.4. The Hall–Kier alpha value is -2.69. The molecule has 0 fully saturated rings. The molecule has 3 rings (SSSR count). The number of nitrogens with zero attached hydrogens (tertiary/aromatic N) is 3. The number of aromatic nitrogens is 2. The van der Waals surface area contributed by atoms with Crippen LogP contribution >= 0.6 is 0 Å². The molecular formula is C16H17N5. The van der Waals surface area contributed by atoms with E-state index in [1.165, 1.54) is 6.20 Å². The lowest BCUT2D eigenvalue weighted by Gasteiger charge is -2.17. The van der Waals surface area contributed by atoms with E-state index < -0.39 is 0 Å². The predicted molar refractivity (Wildman–Crippen MR) is 86.6 cm³/mol. The number of allylic oxidation sites excluding steroid dienone is 2. The molecule has 0 amide bonds. The fourth-order valence-electron chi connectivity index (χ4n) is 2.25. The first-order valence-corrected chi connectivity index (χ1v) is 6.87. The lowest BCUT2D eigenvalue weighted by atomic mass is 9.96. The first-order chi connectivity index (χ1) is 10.2. The summed E-state index contributed by atoms with van der Waals surface area (Å²) in [6.45, 7) is 4.07. The molecule has 0 aliphatic carbocycles. The van der Waals surface area contributed by atoms with Crippen molar-refractivity contribution in [3.63, 3.8) is 0 Å². The van der Waals surface area contributed by atoms with Crippen molar-refractivity contribution in [1.82, 2.24) is 9.97 Å². The van der Waals surface area contributed by atoms with E-state index in [1.54, 1.807) is 0 Å². The van der Waals surface area contributed by atoms with Crippen molar-refractivity contribution >= 4 is 22.5 Å². The fourth-order valence-corrected chi connectivity index (χ4v) is 2.25. The van der Waals surface area contributed by atoms with Crippen molar-refractivity contribution in [2.24, 2.45) is 15.7 Å². The maximum atomic E-state index is 5.52. The molecule has 0 unspecified atom stereocenters. The summed E-state index contributed by atoms with van der Waals surface area (Å²) in [7, 11) is 0. The van der Waals surface area contributed by atoms with Gasteiger partial charge >= 0.3 is 0 Å². The lowest BCUT2D eigenvalue weighted by Crippen LogP contribution is -2.20. The number of H-pyrrole nitrogens is 1. The molecule has 0 bridgehead atoms. The molecule has 21 heavy (non-hydrogen) atoms. The zero-order valence-corrected chi connectivity index (χ0v) is 12.0. The van der Waals surface area contributed by atoms with Crippen LogP contribution in [0.2, 0.25) is 0 Å². The van der Waals surface area contributed by atoms with Gasteiger partial charge in [-0.2, -0.15) is 0 Å². The van der Waals surface area contributed by atoms with Gasteiger partial charge < -0.3 is 10.7 Å². The molecule has 1 aliphatic rings. The van der Waals surface area contributed by atoms with Crippen molar-refractivity contribution in [3.8, 4) is 0 Å². The highest BCUT2D eigenvalue weighted by atomic mass is 14.9. The second-order valence-corrected chi connectivity index (χ2v) is 5.13. The average molecular weight is 279 g/mol. The molecule has 1 aliphatic heterocycles. The summed E-state index contributed by atoms with van der Waals surface area (Å²) in [5, 5.41) is 1.07. The number of pyridine rings is 1. The van der Waals surface area contributed by atoms with E-state index in [2.05, 4.69) is 26.0 Å². The van der Waals surface area contributed by atoms with Gasteiger partial charge in [-0.25, -0.2) is 4.98 Å². The van der Waals surface area contributed by atoms with Gasteiger partial charge in [0.1, 0.15) is 5.65 Å². The Bertz CT molecular complexity index is 790. The first kappa shape index (κ1) is 13.3. The third kappa shape index (κ3) is 2.50. The van der Waals surface area contributed by atoms with E-state index in [0.29, 0.717) is 0 Å². The molecule has 0 spiro atoms. The van der Waals surface area contributed by atoms with Crippen LogP contribution in [0.25, 0.3) is 11.0 Å². The van der Waals surface area contributed by atoms with Crippen LogP contribution in [-0.2, 0) is 0 Å². The maximum absolute atomic E-state index is 5.52. The largest absolute Gasteiger partial charge is 0.405 e. The van der Waals surface area contributed by atoms with Crippen molar-refractivity contribution in [3.05, 3.63) is 54.1 Å². The normalized spacial score (nSPS) is 15.5. The number of aliphatic imine (C=N–C) groups is 2.